The summed E-state index contributed by atoms with van der Waals surface area (Å²) in [5.41, 5.74) is 4.14. The Bertz CT molecular complexity index is 998. The lowest BCUT2D eigenvalue weighted by Gasteiger charge is -2.31. The Balaban J connectivity index is 2.00. The lowest BCUT2D eigenvalue weighted by atomic mass is 9.71. The molecule has 2 aromatic rings. The molecule has 0 bridgehead atoms. The van der Waals surface area contributed by atoms with Crippen molar-refractivity contribution in [3.8, 4) is 17.2 Å². The lowest BCUT2D eigenvalue weighted by Crippen LogP contribution is -2.26. The second kappa shape index (κ2) is 9.86. The molecular formula is C27H32O4. The second-order valence-corrected chi connectivity index (χ2v) is 8.56. The van der Waals surface area contributed by atoms with Gasteiger partial charge in [-0.1, -0.05) is 53.6 Å². The Hall–Kier alpha value is -3.01. The number of phenols is 2. The Morgan fingerprint density at radius 3 is 2.55 bits per heavy atom. The number of carbonyl (C=O) groups is 1. The maximum atomic E-state index is 13.8. The van der Waals surface area contributed by atoms with Crippen molar-refractivity contribution >= 4 is 5.78 Å². The van der Waals surface area contributed by atoms with Gasteiger partial charge in [0.25, 0.3) is 0 Å². The summed E-state index contributed by atoms with van der Waals surface area (Å²) < 4.78 is 5.37. The first-order valence-corrected chi connectivity index (χ1v) is 10.8. The molecule has 2 N–H and O–H groups in total. The van der Waals surface area contributed by atoms with Crippen LogP contribution in [-0.2, 0) is 0 Å². The number of ketones is 1. The van der Waals surface area contributed by atoms with Gasteiger partial charge in [0.1, 0.15) is 22.8 Å². The van der Waals surface area contributed by atoms with Gasteiger partial charge in [-0.3, -0.25) is 4.79 Å². The number of rotatable bonds is 7. The first-order chi connectivity index (χ1) is 14.8. The molecule has 4 heteroatoms. The molecule has 0 saturated heterocycles. The number of Topliss-reactive ketones (excluding diaryl/α,β-unsaturated/α-hetero) is 1. The van der Waals surface area contributed by atoms with Gasteiger partial charge in [-0.2, -0.15) is 0 Å². The second-order valence-electron chi connectivity index (χ2n) is 8.56. The molecule has 2 atom stereocenters. The number of hydrogen-bond donors (Lipinski definition) is 2. The first-order valence-electron chi connectivity index (χ1n) is 10.8. The van der Waals surface area contributed by atoms with Crippen molar-refractivity contribution in [1.82, 2.24) is 0 Å². The van der Waals surface area contributed by atoms with Crippen LogP contribution in [0.2, 0.25) is 0 Å². The minimum Gasteiger partial charge on any atom is -0.507 e. The number of methoxy groups -OCH3 is 1. The number of aromatic hydroxyl groups is 2. The summed E-state index contributed by atoms with van der Waals surface area (Å²) in [5, 5.41) is 20.8. The highest BCUT2D eigenvalue weighted by Crippen LogP contribution is 2.45. The zero-order valence-corrected chi connectivity index (χ0v) is 18.8. The highest BCUT2D eigenvalue weighted by atomic mass is 16.5. The summed E-state index contributed by atoms with van der Waals surface area (Å²) in [6.45, 7) is 5.78. The van der Waals surface area contributed by atoms with Gasteiger partial charge in [0.05, 0.1) is 7.11 Å². The summed E-state index contributed by atoms with van der Waals surface area (Å²) in [5.74, 6) is -0.500. The van der Waals surface area contributed by atoms with E-state index < -0.39 is 0 Å². The summed E-state index contributed by atoms with van der Waals surface area (Å²) in [6, 6.07) is 11.5. The van der Waals surface area contributed by atoms with E-state index in [1.54, 1.807) is 6.92 Å². The van der Waals surface area contributed by atoms with Gasteiger partial charge in [-0.05, 0) is 57.9 Å². The molecule has 164 valence electrons. The fraction of sp³-hybridized carbons (Fsp3) is 0.370. The van der Waals surface area contributed by atoms with Crippen LogP contribution in [0.25, 0.3) is 0 Å². The third kappa shape index (κ3) is 5.01. The quantitative estimate of drug-likeness (QED) is 0.398. The predicted octanol–water partition coefficient (Wildman–Crippen LogP) is 6.46. The average Bonchev–Trinajstić information content (AvgIpc) is 2.77. The zero-order chi connectivity index (χ0) is 22.5. The third-order valence-electron chi connectivity index (χ3n) is 6.17. The van der Waals surface area contributed by atoms with Gasteiger partial charge < -0.3 is 14.9 Å². The SMILES string of the molecule is COc1cc(O)c(C)c(O)c1C(=O)[C@@H]1CC(CCC=C(C)C)=CC[C@H]1c1ccccc1. The molecule has 1 aliphatic rings. The van der Waals surface area contributed by atoms with E-state index in [1.165, 1.54) is 24.3 Å². The molecule has 4 nitrogen and oxygen atoms in total. The van der Waals surface area contributed by atoms with Crippen LogP contribution in [0.5, 0.6) is 17.2 Å². The topological polar surface area (TPSA) is 66.8 Å². The highest BCUT2D eigenvalue weighted by Gasteiger charge is 2.36. The number of benzene rings is 2. The number of hydrogen-bond acceptors (Lipinski definition) is 4. The minimum atomic E-state index is -0.308. The zero-order valence-electron chi connectivity index (χ0n) is 18.8. The van der Waals surface area contributed by atoms with Gasteiger partial charge >= 0.3 is 0 Å². The van der Waals surface area contributed by atoms with Crippen molar-refractivity contribution in [3.05, 3.63) is 76.4 Å². The maximum Gasteiger partial charge on any atom is 0.174 e. The smallest absolute Gasteiger partial charge is 0.174 e. The fourth-order valence-electron chi connectivity index (χ4n) is 4.37. The molecule has 0 heterocycles. The maximum absolute atomic E-state index is 13.8. The van der Waals surface area contributed by atoms with Gasteiger partial charge in [0, 0.05) is 17.5 Å². The van der Waals surface area contributed by atoms with Crippen molar-refractivity contribution in [1.29, 1.82) is 0 Å². The molecule has 0 radical (unpaired) electrons. The van der Waals surface area contributed by atoms with E-state index >= 15 is 0 Å². The standard InChI is InChI=1S/C27H32O4/c1-17(2)9-8-10-19-13-14-21(20-11-6-5-7-12-20)22(15-19)27(30)25-24(31-4)16-23(28)18(3)26(25)29/h5-7,9,11-13,16,21-22,28-29H,8,10,14-15H2,1-4H3/t21-,22+/m0/s1. The predicted molar refractivity (Wildman–Crippen MR) is 124 cm³/mol. The van der Waals surface area contributed by atoms with Gasteiger partial charge in [-0.15, -0.1) is 0 Å². The average molecular weight is 421 g/mol. The van der Waals surface area contributed by atoms with Crippen LogP contribution in [0, 0.1) is 12.8 Å². The van der Waals surface area contributed by atoms with Crippen LogP contribution in [0.4, 0.5) is 0 Å². The number of phenolic OH excluding ortho intramolecular Hbond substituents is 2. The Labute approximate surface area is 184 Å². The van der Waals surface area contributed by atoms with Crippen molar-refractivity contribution in [2.24, 2.45) is 5.92 Å². The summed E-state index contributed by atoms with van der Waals surface area (Å²) >= 11 is 0. The summed E-state index contributed by atoms with van der Waals surface area (Å²) in [7, 11) is 1.45. The molecular weight excluding hydrogens is 388 g/mol. The van der Waals surface area contributed by atoms with Crippen LogP contribution in [-0.4, -0.2) is 23.1 Å². The third-order valence-corrected chi connectivity index (χ3v) is 6.17. The van der Waals surface area contributed by atoms with Crippen LogP contribution in [0.3, 0.4) is 0 Å². The van der Waals surface area contributed by atoms with E-state index in [-0.39, 0.29) is 46.0 Å². The molecule has 31 heavy (non-hydrogen) atoms. The van der Waals surface area contributed by atoms with E-state index in [0.29, 0.717) is 6.42 Å². The largest absolute Gasteiger partial charge is 0.507 e. The van der Waals surface area contributed by atoms with Crippen LogP contribution in [0.15, 0.2) is 59.7 Å². The molecule has 0 saturated carbocycles. The number of allylic oxidation sites excluding steroid dienone is 4. The molecule has 0 spiro atoms. The molecule has 2 aromatic carbocycles. The van der Waals surface area contributed by atoms with Crippen LogP contribution in [0.1, 0.15) is 66.9 Å². The highest BCUT2D eigenvalue weighted by molar-refractivity contribution is 6.04. The molecule has 0 aromatic heterocycles. The molecule has 1 aliphatic carbocycles. The van der Waals surface area contributed by atoms with Crippen molar-refractivity contribution in [3.63, 3.8) is 0 Å². The Morgan fingerprint density at radius 1 is 1.19 bits per heavy atom. The van der Waals surface area contributed by atoms with Crippen LogP contribution >= 0.6 is 0 Å². The number of carbonyl (C=O) groups excluding carboxylic acids is 1. The van der Waals surface area contributed by atoms with Gasteiger partial charge in [-0.25, -0.2) is 0 Å². The van der Waals surface area contributed by atoms with Gasteiger partial charge in [0.2, 0.25) is 0 Å². The van der Waals surface area contributed by atoms with Crippen LogP contribution < -0.4 is 4.74 Å². The van der Waals surface area contributed by atoms with E-state index in [4.69, 9.17) is 4.74 Å². The lowest BCUT2D eigenvalue weighted by molar-refractivity contribution is 0.0887. The Kier molecular flexibility index (Phi) is 7.21. The molecule has 0 unspecified atom stereocenters. The van der Waals surface area contributed by atoms with E-state index in [0.717, 1.165) is 24.8 Å². The molecule has 3 rings (SSSR count). The monoisotopic (exact) mass is 420 g/mol. The number of ether oxygens (including phenoxy) is 1. The molecule has 0 amide bonds. The minimum absolute atomic E-state index is 0.0270. The van der Waals surface area contributed by atoms with E-state index in [9.17, 15) is 15.0 Å². The molecule has 0 fully saturated rings. The van der Waals surface area contributed by atoms with E-state index in [2.05, 4.69) is 38.1 Å². The summed E-state index contributed by atoms with van der Waals surface area (Å²) in [6.07, 6.45) is 7.81. The van der Waals surface area contributed by atoms with Crippen molar-refractivity contribution in [2.75, 3.05) is 7.11 Å². The normalized spacial score (nSPS) is 18.3. The van der Waals surface area contributed by atoms with Crippen molar-refractivity contribution < 1.29 is 19.7 Å². The fourth-order valence-corrected chi connectivity index (χ4v) is 4.37. The van der Waals surface area contributed by atoms with E-state index in [1.807, 2.05) is 18.2 Å². The first kappa shape index (κ1) is 22.7. The Morgan fingerprint density at radius 2 is 1.90 bits per heavy atom. The molecule has 0 aliphatic heterocycles. The van der Waals surface area contributed by atoms with Crippen molar-refractivity contribution in [2.45, 2.75) is 52.4 Å². The van der Waals surface area contributed by atoms with Gasteiger partial charge in [0.15, 0.2) is 5.78 Å². The summed E-state index contributed by atoms with van der Waals surface area (Å²) in [4.78, 5) is 13.8.